The van der Waals surface area contributed by atoms with Gasteiger partial charge < -0.3 is 9.64 Å². The van der Waals surface area contributed by atoms with Gasteiger partial charge in [-0.1, -0.05) is 18.2 Å². The van der Waals surface area contributed by atoms with Gasteiger partial charge in [-0.15, -0.1) is 23.1 Å². The second kappa shape index (κ2) is 9.18. The molecule has 2 aliphatic rings. The first-order valence-electron chi connectivity index (χ1n) is 9.72. The molecule has 1 atom stereocenters. The molecule has 1 amide bonds. The quantitative estimate of drug-likeness (QED) is 0.630. The third-order valence-electron chi connectivity index (χ3n) is 5.18. The van der Waals surface area contributed by atoms with Gasteiger partial charge in [0.1, 0.15) is 4.21 Å². The molecule has 1 aromatic heterocycles. The van der Waals surface area contributed by atoms with Crippen LogP contribution in [0.5, 0.6) is 0 Å². The van der Waals surface area contributed by atoms with Gasteiger partial charge in [0.05, 0.1) is 11.7 Å². The van der Waals surface area contributed by atoms with E-state index < -0.39 is 10.0 Å². The maximum Gasteiger partial charge on any atom is 0.255 e. The summed E-state index contributed by atoms with van der Waals surface area (Å²) in [5.41, 5.74) is 0.685. The van der Waals surface area contributed by atoms with Crippen molar-refractivity contribution in [3.63, 3.8) is 0 Å². The highest BCUT2D eigenvalue weighted by Crippen LogP contribution is 2.28. The van der Waals surface area contributed by atoms with Crippen molar-refractivity contribution in [2.45, 2.75) is 28.1 Å². The minimum absolute atomic E-state index is 0.0337. The third kappa shape index (κ3) is 4.69. The molecule has 3 heterocycles. The molecule has 0 N–H and O–H groups in total. The number of nitrogens with zero attached hydrogens (tertiary/aromatic N) is 2. The van der Waals surface area contributed by atoms with Gasteiger partial charge >= 0.3 is 0 Å². The Hall–Kier alpha value is -1.39. The SMILES string of the molecule is O=C(c1ccccc1SCC1CCCO1)N1CCN(S(=O)(=O)c2cccs2)CC1. The maximum absolute atomic E-state index is 13.1. The largest absolute Gasteiger partial charge is 0.377 e. The smallest absolute Gasteiger partial charge is 0.255 e. The normalized spacial score (nSPS) is 20.8. The van der Waals surface area contributed by atoms with Crippen LogP contribution >= 0.6 is 23.1 Å². The second-order valence-corrected chi connectivity index (χ2v) is 11.2. The van der Waals surface area contributed by atoms with Crippen molar-refractivity contribution >= 4 is 39.0 Å². The van der Waals surface area contributed by atoms with Gasteiger partial charge in [-0.05, 0) is 36.4 Å². The topological polar surface area (TPSA) is 66.9 Å². The number of ether oxygens (including phenoxy) is 1. The van der Waals surface area contributed by atoms with E-state index in [1.807, 2.05) is 24.3 Å². The van der Waals surface area contributed by atoms with Crippen LogP contribution in [0.3, 0.4) is 0 Å². The van der Waals surface area contributed by atoms with Gasteiger partial charge in [-0.3, -0.25) is 4.79 Å². The van der Waals surface area contributed by atoms with Crippen molar-refractivity contribution in [3.05, 3.63) is 47.3 Å². The summed E-state index contributed by atoms with van der Waals surface area (Å²) in [6.07, 6.45) is 2.43. The van der Waals surface area contributed by atoms with Crippen LogP contribution in [-0.4, -0.2) is 68.2 Å². The monoisotopic (exact) mass is 452 g/mol. The number of thiophene rings is 1. The van der Waals surface area contributed by atoms with Crippen molar-refractivity contribution in [1.29, 1.82) is 0 Å². The fourth-order valence-electron chi connectivity index (χ4n) is 3.57. The summed E-state index contributed by atoms with van der Waals surface area (Å²) in [6.45, 7) is 2.25. The number of amides is 1. The number of carbonyl (C=O) groups is 1. The summed E-state index contributed by atoms with van der Waals surface area (Å²) < 4.78 is 32.9. The van der Waals surface area contributed by atoms with Crippen molar-refractivity contribution < 1.29 is 17.9 Å². The van der Waals surface area contributed by atoms with Gasteiger partial charge in [0.2, 0.25) is 0 Å². The molecule has 0 bridgehead atoms. The summed E-state index contributed by atoms with van der Waals surface area (Å²) in [7, 11) is -3.46. The molecule has 0 aliphatic carbocycles. The molecule has 1 aromatic carbocycles. The molecule has 156 valence electrons. The first-order valence-corrected chi connectivity index (χ1v) is 13.0. The molecular weight excluding hydrogens is 428 g/mol. The Morgan fingerprint density at radius 1 is 1.14 bits per heavy atom. The fraction of sp³-hybridized carbons (Fsp3) is 0.450. The van der Waals surface area contributed by atoms with E-state index in [1.165, 1.54) is 15.6 Å². The van der Waals surface area contributed by atoms with Crippen LogP contribution in [0.25, 0.3) is 0 Å². The van der Waals surface area contributed by atoms with Crippen LogP contribution in [0.4, 0.5) is 0 Å². The molecule has 2 fully saturated rings. The first kappa shape index (κ1) is 20.9. The lowest BCUT2D eigenvalue weighted by atomic mass is 10.2. The number of sulfonamides is 1. The summed E-state index contributed by atoms with van der Waals surface area (Å²) in [6, 6.07) is 11.0. The summed E-state index contributed by atoms with van der Waals surface area (Å²) >= 11 is 2.88. The van der Waals surface area contributed by atoms with Crippen LogP contribution < -0.4 is 0 Å². The Morgan fingerprint density at radius 2 is 1.93 bits per heavy atom. The molecule has 29 heavy (non-hydrogen) atoms. The first-order chi connectivity index (χ1) is 14.1. The minimum Gasteiger partial charge on any atom is -0.377 e. The van der Waals surface area contributed by atoms with E-state index in [9.17, 15) is 13.2 Å². The van der Waals surface area contributed by atoms with E-state index in [2.05, 4.69) is 0 Å². The van der Waals surface area contributed by atoms with Gasteiger partial charge in [0, 0.05) is 43.4 Å². The highest BCUT2D eigenvalue weighted by molar-refractivity contribution is 7.99. The second-order valence-electron chi connectivity index (χ2n) is 7.07. The van der Waals surface area contributed by atoms with Crippen molar-refractivity contribution in [2.24, 2.45) is 0 Å². The Labute approximate surface area is 179 Å². The number of piperazine rings is 1. The lowest BCUT2D eigenvalue weighted by Crippen LogP contribution is -2.50. The van der Waals surface area contributed by atoms with Gasteiger partial charge in [-0.25, -0.2) is 8.42 Å². The Kier molecular flexibility index (Phi) is 6.60. The molecule has 0 radical (unpaired) electrons. The highest BCUT2D eigenvalue weighted by atomic mass is 32.2. The van der Waals surface area contributed by atoms with Crippen LogP contribution in [0.1, 0.15) is 23.2 Å². The molecule has 2 saturated heterocycles. The molecule has 2 aliphatic heterocycles. The van der Waals surface area contributed by atoms with Gasteiger partial charge in [-0.2, -0.15) is 4.31 Å². The standard InChI is InChI=1S/C20H24N2O4S3/c23-20(17-6-1-2-7-18(17)28-15-16-5-3-13-26-16)21-9-11-22(12-10-21)29(24,25)19-8-4-14-27-19/h1-2,4,6-8,14,16H,3,5,9-13,15H2. The number of rotatable bonds is 6. The molecule has 9 heteroatoms. The fourth-order valence-corrected chi connectivity index (χ4v) is 7.25. The van der Waals surface area contributed by atoms with Gasteiger partial charge in [0.15, 0.2) is 0 Å². The highest BCUT2D eigenvalue weighted by Gasteiger charge is 2.31. The van der Waals surface area contributed by atoms with Crippen LogP contribution in [0, 0.1) is 0 Å². The Bertz CT molecular complexity index is 932. The summed E-state index contributed by atoms with van der Waals surface area (Å²) in [5, 5.41) is 1.76. The van der Waals surface area contributed by atoms with E-state index >= 15 is 0 Å². The van der Waals surface area contributed by atoms with E-state index in [0.29, 0.717) is 36.0 Å². The number of benzene rings is 1. The van der Waals surface area contributed by atoms with Crippen molar-refractivity contribution in [2.75, 3.05) is 38.5 Å². The minimum atomic E-state index is -3.46. The summed E-state index contributed by atoms with van der Waals surface area (Å²) in [4.78, 5) is 15.8. The van der Waals surface area contributed by atoms with E-state index in [4.69, 9.17) is 4.74 Å². The van der Waals surface area contributed by atoms with E-state index in [1.54, 1.807) is 34.2 Å². The van der Waals surface area contributed by atoms with Crippen LogP contribution in [-0.2, 0) is 14.8 Å². The van der Waals surface area contributed by atoms with E-state index in [0.717, 1.165) is 30.1 Å². The predicted octanol–water partition coefficient (Wildman–Crippen LogP) is 3.17. The van der Waals surface area contributed by atoms with E-state index in [-0.39, 0.29) is 12.0 Å². The lowest BCUT2D eigenvalue weighted by molar-refractivity contribution is 0.0694. The number of hydrogen-bond donors (Lipinski definition) is 0. The molecule has 0 spiro atoms. The molecule has 0 saturated carbocycles. The predicted molar refractivity (Wildman–Crippen MR) is 115 cm³/mol. The van der Waals surface area contributed by atoms with Crippen LogP contribution in [0.2, 0.25) is 0 Å². The van der Waals surface area contributed by atoms with Gasteiger partial charge in [0.25, 0.3) is 15.9 Å². The average molecular weight is 453 g/mol. The zero-order valence-electron chi connectivity index (χ0n) is 16.0. The number of carbonyl (C=O) groups excluding carboxylic acids is 1. The molecule has 4 rings (SSSR count). The molecule has 1 unspecified atom stereocenters. The Balaban J connectivity index is 1.40. The summed E-state index contributed by atoms with van der Waals surface area (Å²) in [5.74, 6) is 0.811. The molecular formula is C20H24N2O4S3. The number of hydrogen-bond acceptors (Lipinski definition) is 6. The third-order valence-corrected chi connectivity index (χ3v) is 9.66. The Morgan fingerprint density at radius 3 is 2.62 bits per heavy atom. The number of thioether (sulfide) groups is 1. The van der Waals surface area contributed by atoms with Crippen LogP contribution in [0.15, 0.2) is 50.9 Å². The van der Waals surface area contributed by atoms with Crippen molar-refractivity contribution in [1.82, 2.24) is 9.21 Å². The lowest BCUT2D eigenvalue weighted by Gasteiger charge is -2.34. The zero-order chi connectivity index (χ0) is 20.3. The maximum atomic E-state index is 13.1. The average Bonchev–Trinajstić information content (AvgIpc) is 3.46. The zero-order valence-corrected chi connectivity index (χ0v) is 18.5. The molecule has 2 aromatic rings. The van der Waals surface area contributed by atoms with Crippen molar-refractivity contribution in [3.8, 4) is 0 Å². The molecule has 6 nitrogen and oxygen atoms in total.